The fourth-order valence-corrected chi connectivity index (χ4v) is 5.22. The first-order valence-corrected chi connectivity index (χ1v) is 15.0. The number of hydrazone groups is 1. The molecular formula is C37H37N5O. The number of anilines is 3. The number of hydrogen-bond donors (Lipinski definition) is 2. The molecule has 0 bridgehead atoms. The van der Waals surface area contributed by atoms with Gasteiger partial charge in [0.25, 0.3) is 0 Å². The molecule has 0 aliphatic carbocycles. The highest BCUT2D eigenvalue weighted by Gasteiger charge is 2.25. The quantitative estimate of drug-likeness (QED) is 0.176. The Bertz CT molecular complexity index is 1760. The Labute approximate surface area is 253 Å². The molecule has 6 nitrogen and oxygen atoms in total. The molecule has 1 aliphatic rings. The standard InChI is InChI=1S/C37H37N5O/c1-4-38-30-15-7-27(8-16-30)11-19-32-25-34(20-12-28-9-17-31(18-10-28)39-5-2)42(41-32)33-21-13-29(14-22-33)37-40-35-24-26(3)6-23-36(35)43-37/h6-24,34,38-39H,4-5,25H2,1-3H3. The Kier molecular flexibility index (Phi) is 8.36. The van der Waals surface area contributed by atoms with E-state index in [1.165, 1.54) is 0 Å². The molecule has 0 saturated carbocycles. The van der Waals surface area contributed by atoms with Gasteiger partial charge in [0.1, 0.15) is 5.52 Å². The van der Waals surface area contributed by atoms with E-state index in [9.17, 15) is 0 Å². The fraction of sp³-hybridized carbons (Fsp3) is 0.189. The molecule has 6 heteroatoms. The molecule has 4 aromatic carbocycles. The van der Waals surface area contributed by atoms with Gasteiger partial charge in [-0.15, -0.1) is 0 Å². The van der Waals surface area contributed by atoms with Gasteiger partial charge in [-0.05, 0) is 104 Å². The lowest BCUT2D eigenvalue weighted by Crippen LogP contribution is -2.23. The molecule has 2 heterocycles. The number of aromatic nitrogens is 1. The normalized spacial score (nSPS) is 15.1. The maximum Gasteiger partial charge on any atom is 0.227 e. The molecule has 216 valence electrons. The van der Waals surface area contributed by atoms with Crippen molar-refractivity contribution in [2.24, 2.45) is 5.10 Å². The maximum absolute atomic E-state index is 6.04. The highest BCUT2D eigenvalue weighted by atomic mass is 16.3. The van der Waals surface area contributed by atoms with E-state index >= 15 is 0 Å². The van der Waals surface area contributed by atoms with Crippen LogP contribution in [0.5, 0.6) is 0 Å². The summed E-state index contributed by atoms with van der Waals surface area (Å²) in [4.78, 5) is 4.71. The smallest absolute Gasteiger partial charge is 0.227 e. The number of benzene rings is 4. The third-order valence-electron chi connectivity index (χ3n) is 7.45. The SMILES string of the molecule is CCNc1ccc(C=CC2=NN(c3ccc(-c4nc5cc(C)ccc5o4)cc3)C(C=Cc3ccc(NCC)cc3)C2)cc1. The lowest BCUT2D eigenvalue weighted by molar-refractivity contribution is 0.620. The molecule has 1 atom stereocenters. The van der Waals surface area contributed by atoms with Crippen LogP contribution in [0.1, 0.15) is 37.0 Å². The minimum Gasteiger partial charge on any atom is -0.436 e. The molecule has 1 aromatic heterocycles. The number of allylic oxidation sites excluding steroid dienone is 1. The average molecular weight is 568 g/mol. The zero-order valence-corrected chi connectivity index (χ0v) is 24.9. The van der Waals surface area contributed by atoms with Gasteiger partial charge in [0, 0.05) is 36.4 Å². The zero-order chi connectivity index (χ0) is 29.6. The lowest BCUT2D eigenvalue weighted by atomic mass is 10.1. The Morgan fingerprint density at radius 2 is 1.44 bits per heavy atom. The van der Waals surface area contributed by atoms with E-state index in [0.717, 1.165) is 75.6 Å². The summed E-state index contributed by atoms with van der Waals surface area (Å²) in [5.41, 5.74) is 10.4. The number of oxazole rings is 1. The van der Waals surface area contributed by atoms with Crippen molar-refractivity contribution < 1.29 is 4.42 Å². The second kappa shape index (κ2) is 12.8. The van der Waals surface area contributed by atoms with Crippen molar-refractivity contribution in [2.45, 2.75) is 33.2 Å². The third kappa shape index (κ3) is 6.70. The number of nitrogens with zero attached hydrogens (tertiary/aromatic N) is 3. The molecule has 1 unspecified atom stereocenters. The largest absolute Gasteiger partial charge is 0.436 e. The van der Waals surface area contributed by atoms with E-state index in [0.29, 0.717) is 5.89 Å². The van der Waals surface area contributed by atoms with Gasteiger partial charge in [-0.1, -0.05) is 48.6 Å². The van der Waals surface area contributed by atoms with E-state index in [4.69, 9.17) is 14.5 Å². The fourth-order valence-electron chi connectivity index (χ4n) is 5.22. The van der Waals surface area contributed by atoms with Crippen molar-refractivity contribution in [1.82, 2.24) is 4.98 Å². The average Bonchev–Trinajstić information content (AvgIpc) is 3.65. The number of fused-ring (bicyclic) bond motifs is 1. The second-order valence-corrected chi connectivity index (χ2v) is 10.7. The van der Waals surface area contributed by atoms with Crippen LogP contribution >= 0.6 is 0 Å². The predicted octanol–water partition coefficient (Wildman–Crippen LogP) is 9.03. The molecule has 5 aromatic rings. The summed E-state index contributed by atoms with van der Waals surface area (Å²) in [6.45, 7) is 8.09. The minimum absolute atomic E-state index is 0.0855. The van der Waals surface area contributed by atoms with Gasteiger partial charge in [0.2, 0.25) is 5.89 Å². The number of hydrogen-bond acceptors (Lipinski definition) is 6. The highest BCUT2D eigenvalue weighted by molar-refractivity contribution is 6.01. The number of aryl methyl sites for hydroxylation is 1. The van der Waals surface area contributed by atoms with E-state index in [1.807, 2.05) is 18.2 Å². The topological polar surface area (TPSA) is 65.7 Å². The molecule has 0 amide bonds. The van der Waals surface area contributed by atoms with Crippen LogP contribution in [-0.4, -0.2) is 29.8 Å². The number of nitrogens with one attached hydrogen (secondary N) is 2. The van der Waals surface area contributed by atoms with Crippen molar-refractivity contribution in [3.05, 3.63) is 120 Å². The van der Waals surface area contributed by atoms with Gasteiger partial charge in [-0.25, -0.2) is 4.98 Å². The Balaban J connectivity index is 1.25. The first-order valence-electron chi connectivity index (χ1n) is 15.0. The molecule has 0 fully saturated rings. The number of rotatable bonds is 10. The zero-order valence-electron chi connectivity index (χ0n) is 24.9. The lowest BCUT2D eigenvalue weighted by Gasteiger charge is -2.21. The van der Waals surface area contributed by atoms with Crippen molar-refractivity contribution in [1.29, 1.82) is 0 Å². The first-order chi connectivity index (χ1) is 21.1. The van der Waals surface area contributed by atoms with Crippen LogP contribution in [0.25, 0.3) is 34.7 Å². The molecule has 0 radical (unpaired) electrons. The van der Waals surface area contributed by atoms with Crippen molar-refractivity contribution in [3.8, 4) is 11.5 Å². The van der Waals surface area contributed by atoms with Crippen LogP contribution in [0, 0.1) is 6.92 Å². The summed E-state index contributed by atoms with van der Waals surface area (Å²) in [7, 11) is 0. The van der Waals surface area contributed by atoms with E-state index in [2.05, 4.69) is 134 Å². The summed E-state index contributed by atoms with van der Waals surface area (Å²) in [6, 6.07) is 31.5. The molecule has 6 rings (SSSR count). The van der Waals surface area contributed by atoms with Gasteiger partial charge in [0.05, 0.1) is 17.4 Å². The van der Waals surface area contributed by atoms with E-state index in [1.54, 1.807) is 0 Å². The molecular weight excluding hydrogens is 530 g/mol. The molecule has 43 heavy (non-hydrogen) atoms. The van der Waals surface area contributed by atoms with Crippen LogP contribution in [0.3, 0.4) is 0 Å². The van der Waals surface area contributed by atoms with Gasteiger partial charge in [0.15, 0.2) is 5.58 Å². The maximum atomic E-state index is 6.04. The van der Waals surface area contributed by atoms with E-state index in [-0.39, 0.29) is 6.04 Å². The Morgan fingerprint density at radius 3 is 2.09 bits per heavy atom. The molecule has 2 N–H and O–H groups in total. The second-order valence-electron chi connectivity index (χ2n) is 10.7. The highest BCUT2D eigenvalue weighted by Crippen LogP contribution is 2.31. The van der Waals surface area contributed by atoms with Gasteiger partial charge in [-0.2, -0.15) is 5.10 Å². The summed E-state index contributed by atoms with van der Waals surface area (Å²) >= 11 is 0. The summed E-state index contributed by atoms with van der Waals surface area (Å²) in [5.74, 6) is 0.623. The Morgan fingerprint density at radius 1 is 0.791 bits per heavy atom. The van der Waals surface area contributed by atoms with Crippen LogP contribution < -0.4 is 15.6 Å². The van der Waals surface area contributed by atoms with Gasteiger partial charge < -0.3 is 15.1 Å². The van der Waals surface area contributed by atoms with Crippen LogP contribution in [0.15, 0.2) is 113 Å². The monoisotopic (exact) mass is 567 g/mol. The Hall–Kier alpha value is -5.10. The summed E-state index contributed by atoms with van der Waals surface area (Å²) < 4.78 is 6.04. The first kappa shape index (κ1) is 28.0. The van der Waals surface area contributed by atoms with Crippen LogP contribution in [0.2, 0.25) is 0 Å². The predicted molar refractivity (Wildman–Crippen MR) is 182 cm³/mol. The van der Waals surface area contributed by atoms with Crippen molar-refractivity contribution in [2.75, 3.05) is 28.7 Å². The molecule has 0 saturated heterocycles. The van der Waals surface area contributed by atoms with E-state index < -0.39 is 0 Å². The van der Waals surface area contributed by atoms with Crippen molar-refractivity contribution in [3.63, 3.8) is 0 Å². The van der Waals surface area contributed by atoms with Gasteiger partial charge in [-0.3, -0.25) is 5.01 Å². The van der Waals surface area contributed by atoms with Crippen LogP contribution in [0.4, 0.5) is 17.1 Å². The van der Waals surface area contributed by atoms with Gasteiger partial charge >= 0.3 is 0 Å². The summed E-state index contributed by atoms with van der Waals surface area (Å²) in [6.07, 6.45) is 9.50. The summed E-state index contributed by atoms with van der Waals surface area (Å²) in [5, 5.41) is 13.9. The molecule has 1 aliphatic heterocycles. The minimum atomic E-state index is 0.0855. The third-order valence-corrected chi connectivity index (χ3v) is 7.45. The molecule has 0 spiro atoms. The van der Waals surface area contributed by atoms with Crippen LogP contribution in [-0.2, 0) is 0 Å². The van der Waals surface area contributed by atoms with Crippen molar-refractivity contribution >= 4 is 46.0 Å².